The normalized spacial score (nSPS) is 34.9. The van der Waals surface area contributed by atoms with Gasteiger partial charge in [0.15, 0.2) is 8.32 Å². The topological polar surface area (TPSA) is 26.3 Å². The van der Waals surface area contributed by atoms with E-state index < -0.39 is 8.32 Å². The van der Waals surface area contributed by atoms with E-state index in [1.54, 1.807) is 0 Å². The molecule has 3 aliphatic rings. The van der Waals surface area contributed by atoms with Crippen molar-refractivity contribution >= 4 is 14.1 Å². The van der Waals surface area contributed by atoms with Crippen LogP contribution in [0.15, 0.2) is 0 Å². The zero-order chi connectivity index (χ0) is 18.5. The molecular formula is C22H40O2Si. The zero-order valence-corrected chi connectivity index (χ0v) is 18.5. The minimum atomic E-state index is -1.48. The summed E-state index contributed by atoms with van der Waals surface area (Å²) in [6.45, 7) is 13.9. The van der Waals surface area contributed by atoms with Gasteiger partial charge in [-0.1, -0.05) is 13.3 Å². The highest BCUT2D eigenvalue weighted by Crippen LogP contribution is 2.68. The van der Waals surface area contributed by atoms with Crippen LogP contribution < -0.4 is 0 Å². The van der Waals surface area contributed by atoms with Crippen molar-refractivity contribution in [3.05, 3.63) is 0 Å². The summed E-state index contributed by atoms with van der Waals surface area (Å²) in [4.78, 5) is 12.4. The molecule has 3 fully saturated rings. The highest BCUT2D eigenvalue weighted by molar-refractivity contribution is 6.69. The first kappa shape index (κ1) is 19.6. The number of carbonyl (C=O) groups excluding carboxylic acids is 1. The van der Waals surface area contributed by atoms with Gasteiger partial charge >= 0.3 is 0 Å². The van der Waals surface area contributed by atoms with Crippen molar-refractivity contribution in [2.24, 2.45) is 22.7 Å². The van der Waals surface area contributed by atoms with Crippen molar-refractivity contribution in [3.63, 3.8) is 0 Å². The smallest absolute Gasteiger partial charge is 0.184 e. The fourth-order valence-electron chi connectivity index (χ4n) is 6.62. The Balaban J connectivity index is 1.59. The Labute approximate surface area is 156 Å². The second-order valence-corrected chi connectivity index (χ2v) is 15.6. The van der Waals surface area contributed by atoms with E-state index in [2.05, 4.69) is 40.4 Å². The molecule has 0 bridgehead atoms. The number of ketones is 1. The molecule has 3 saturated carbocycles. The number of hydrogen-bond acceptors (Lipinski definition) is 2. The fraction of sp³-hybridized carbons (Fsp3) is 0.955. The van der Waals surface area contributed by atoms with Crippen LogP contribution >= 0.6 is 0 Å². The van der Waals surface area contributed by atoms with Crippen molar-refractivity contribution in [1.29, 1.82) is 0 Å². The van der Waals surface area contributed by atoms with Gasteiger partial charge < -0.3 is 4.43 Å². The van der Waals surface area contributed by atoms with Crippen molar-refractivity contribution in [2.45, 2.75) is 110 Å². The van der Waals surface area contributed by atoms with Crippen LogP contribution in [-0.4, -0.2) is 19.7 Å². The number of hydrogen-bond donors (Lipinski definition) is 0. The van der Waals surface area contributed by atoms with Gasteiger partial charge in [0.05, 0.1) is 5.60 Å². The predicted molar refractivity (Wildman–Crippen MR) is 107 cm³/mol. The molecule has 0 spiro atoms. The molecule has 3 unspecified atom stereocenters. The molecule has 25 heavy (non-hydrogen) atoms. The summed E-state index contributed by atoms with van der Waals surface area (Å²) in [5, 5.41) is 0. The van der Waals surface area contributed by atoms with E-state index in [-0.39, 0.29) is 5.60 Å². The van der Waals surface area contributed by atoms with Gasteiger partial charge in [-0.3, -0.25) is 4.79 Å². The molecule has 0 saturated heterocycles. The highest BCUT2D eigenvalue weighted by Gasteiger charge is 2.61. The number of Topliss-reactive ketones (excluding diaryl/α,β-unsaturated/α-hetero) is 1. The third-order valence-corrected chi connectivity index (χ3v) is 8.70. The van der Waals surface area contributed by atoms with E-state index in [4.69, 9.17) is 4.43 Å². The third-order valence-electron chi connectivity index (χ3n) is 7.53. The standard InChI is InChI=1S/C22H40O2Si/c1-20(2,24-25(4,5)6)12-8-14-22(15-16-22)19-11-10-17-18(23)9-7-13-21(17,19)3/h17,19H,7-16H2,1-6H3. The minimum absolute atomic E-state index is 0.0173. The summed E-state index contributed by atoms with van der Waals surface area (Å²) in [6, 6.07) is 0. The molecule has 0 aliphatic heterocycles. The summed E-state index contributed by atoms with van der Waals surface area (Å²) >= 11 is 0. The van der Waals surface area contributed by atoms with Crippen LogP contribution in [-0.2, 0) is 9.22 Å². The molecule has 3 aliphatic carbocycles. The lowest BCUT2D eigenvalue weighted by Gasteiger charge is -2.43. The van der Waals surface area contributed by atoms with Gasteiger partial charge in [0.1, 0.15) is 5.78 Å². The molecule has 3 atom stereocenters. The summed E-state index contributed by atoms with van der Waals surface area (Å²) in [5.41, 5.74) is 0.899. The highest BCUT2D eigenvalue weighted by atomic mass is 28.4. The van der Waals surface area contributed by atoms with E-state index >= 15 is 0 Å². The first-order valence-electron chi connectivity index (χ1n) is 10.7. The van der Waals surface area contributed by atoms with Crippen LogP contribution in [0.2, 0.25) is 19.6 Å². The van der Waals surface area contributed by atoms with E-state index in [9.17, 15) is 4.79 Å². The molecule has 2 nitrogen and oxygen atoms in total. The van der Waals surface area contributed by atoms with E-state index in [1.165, 1.54) is 51.4 Å². The fourth-order valence-corrected chi connectivity index (χ4v) is 8.38. The summed E-state index contributed by atoms with van der Waals surface area (Å²) in [5.74, 6) is 1.77. The Morgan fingerprint density at radius 1 is 1.16 bits per heavy atom. The van der Waals surface area contributed by atoms with E-state index in [0.717, 1.165) is 18.8 Å². The molecule has 0 aromatic rings. The van der Waals surface area contributed by atoms with Crippen LogP contribution in [0.3, 0.4) is 0 Å². The summed E-state index contributed by atoms with van der Waals surface area (Å²) < 4.78 is 6.40. The van der Waals surface area contributed by atoms with Crippen molar-refractivity contribution < 1.29 is 9.22 Å². The molecule has 3 heteroatoms. The Kier molecular flexibility index (Phi) is 5.08. The summed E-state index contributed by atoms with van der Waals surface area (Å²) in [6.07, 6.45) is 12.4. The molecule has 0 N–H and O–H groups in total. The minimum Gasteiger partial charge on any atom is -0.413 e. The van der Waals surface area contributed by atoms with Gasteiger partial charge in [0.25, 0.3) is 0 Å². The van der Waals surface area contributed by atoms with Crippen LogP contribution in [0.1, 0.15) is 85.0 Å². The Hall–Kier alpha value is -0.153. The van der Waals surface area contributed by atoms with Crippen molar-refractivity contribution in [1.82, 2.24) is 0 Å². The van der Waals surface area contributed by atoms with Gasteiger partial charge in [-0.2, -0.15) is 0 Å². The summed E-state index contributed by atoms with van der Waals surface area (Å²) in [7, 11) is -1.48. The number of fused-ring (bicyclic) bond motifs is 1. The lowest BCUT2D eigenvalue weighted by molar-refractivity contribution is -0.130. The SMILES string of the molecule is CC(C)(CCCC1(C2CCC3C(=O)CCCC32C)CC1)O[Si](C)(C)C. The molecule has 0 amide bonds. The maximum atomic E-state index is 12.4. The molecule has 0 heterocycles. The Morgan fingerprint density at radius 3 is 2.44 bits per heavy atom. The van der Waals surface area contributed by atoms with Crippen molar-refractivity contribution in [3.8, 4) is 0 Å². The van der Waals surface area contributed by atoms with Gasteiger partial charge in [-0.05, 0) is 102 Å². The van der Waals surface area contributed by atoms with E-state index in [1.807, 2.05) is 0 Å². The lowest BCUT2D eigenvalue weighted by Crippen LogP contribution is -2.40. The lowest BCUT2D eigenvalue weighted by atomic mass is 9.60. The average molecular weight is 365 g/mol. The monoisotopic (exact) mass is 364 g/mol. The quantitative estimate of drug-likeness (QED) is 0.492. The first-order valence-corrected chi connectivity index (χ1v) is 14.1. The molecule has 3 rings (SSSR count). The molecule has 0 radical (unpaired) electrons. The maximum absolute atomic E-state index is 12.4. The second-order valence-electron chi connectivity index (χ2n) is 11.2. The Morgan fingerprint density at radius 2 is 1.84 bits per heavy atom. The van der Waals surface area contributed by atoms with Crippen LogP contribution in [0.5, 0.6) is 0 Å². The third kappa shape index (κ3) is 4.08. The number of carbonyl (C=O) groups is 1. The molecule has 144 valence electrons. The van der Waals surface area contributed by atoms with Crippen LogP contribution in [0.4, 0.5) is 0 Å². The van der Waals surface area contributed by atoms with Gasteiger partial charge in [0.2, 0.25) is 0 Å². The maximum Gasteiger partial charge on any atom is 0.184 e. The largest absolute Gasteiger partial charge is 0.413 e. The second kappa shape index (κ2) is 6.47. The van der Waals surface area contributed by atoms with Crippen LogP contribution in [0.25, 0.3) is 0 Å². The number of rotatable bonds is 7. The van der Waals surface area contributed by atoms with Gasteiger partial charge in [-0.15, -0.1) is 0 Å². The van der Waals surface area contributed by atoms with Gasteiger partial charge in [0, 0.05) is 12.3 Å². The molecular weight excluding hydrogens is 324 g/mol. The van der Waals surface area contributed by atoms with E-state index in [0.29, 0.717) is 22.5 Å². The first-order chi connectivity index (χ1) is 11.5. The average Bonchev–Trinajstić information content (AvgIpc) is 3.11. The molecule has 0 aromatic carbocycles. The van der Waals surface area contributed by atoms with Crippen molar-refractivity contribution in [2.75, 3.05) is 0 Å². The molecule has 0 aromatic heterocycles. The van der Waals surface area contributed by atoms with Gasteiger partial charge in [-0.25, -0.2) is 0 Å². The predicted octanol–water partition coefficient (Wildman–Crippen LogP) is 6.35. The van der Waals surface area contributed by atoms with Crippen LogP contribution in [0, 0.1) is 22.7 Å². The Bertz CT molecular complexity index is 515. The zero-order valence-electron chi connectivity index (χ0n) is 17.5.